The molecule has 1 amide bonds. The number of carbonyl (C=O) groups excluding carboxylic acids is 1. The van der Waals surface area contributed by atoms with Crippen LogP contribution in [0.1, 0.15) is 28.4 Å². The predicted molar refractivity (Wildman–Crippen MR) is 112 cm³/mol. The van der Waals surface area contributed by atoms with Crippen LogP contribution in [0.15, 0.2) is 42.5 Å². The number of nitrogens with zero attached hydrogens (tertiary/aromatic N) is 1. The summed E-state index contributed by atoms with van der Waals surface area (Å²) >= 11 is 0. The Balaban J connectivity index is 1.61. The zero-order chi connectivity index (χ0) is 21.0. The molecule has 0 saturated carbocycles. The van der Waals surface area contributed by atoms with E-state index in [9.17, 15) is 13.2 Å². The van der Waals surface area contributed by atoms with E-state index in [1.807, 2.05) is 31.2 Å². The average Bonchev–Trinajstić information content (AvgIpc) is 3.02. The number of sulfonamides is 1. The van der Waals surface area contributed by atoms with Crippen LogP contribution in [0.4, 0.5) is 5.69 Å². The van der Waals surface area contributed by atoms with Gasteiger partial charge < -0.3 is 14.8 Å². The largest absolute Gasteiger partial charge is 0.491 e. The minimum Gasteiger partial charge on any atom is -0.491 e. The van der Waals surface area contributed by atoms with Gasteiger partial charge in [-0.2, -0.15) is 0 Å². The third-order valence-corrected chi connectivity index (χ3v) is 6.06. The lowest BCUT2D eigenvalue weighted by Gasteiger charge is -2.21. The van der Waals surface area contributed by atoms with Crippen molar-refractivity contribution in [3.8, 4) is 5.75 Å². The molecule has 0 aromatic heterocycles. The van der Waals surface area contributed by atoms with Gasteiger partial charge in [-0.15, -0.1) is 0 Å². The van der Waals surface area contributed by atoms with Crippen LogP contribution in [0.5, 0.6) is 5.75 Å². The van der Waals surface area contributed by atoms with Crippen LogP contribution in [0.25, 0.3) is 0 Å². The van der Waals surface area contributed by atoms with Gasteiger partial charge in [0.2, 0.25) is 10.0 Å². The predicted octanol–water partition coefficient (Wildman–Crippen LogP) is 2.35. The minimum absolute atomic E-state index is 0.150. The first kappa shape index (κ1) is 21.1. The number of hydrogen-bond acceptors (Lipinski definition) is 5. The van der Waals surface area contributed by atoms with Crippen molar-refractivity contribution in [2.24, 2.45) is 0 Å². The van der Waals surface area contributed by atoms with Gasteiger partial charge in [0.25, 0.3) is 5.91 Å². The van der Waals surface area contributed by atoms with Gasteiger partial charge >= 0.3 is 0 Å². The molecule has 1 atom stereocenters. The van der Waals surface area contributed by atoms with Gasteiger partial charge in [0.05, 0.1) is 18.6 Å². The third kappa shape index (κ3) is 5.07. The SMILES string of the molecule is COCCOc1ccc(CNC(=O)c2ccc3c(c2)CC(C)N3S(C)(=O)=O)cc1. The van der Waals surface area contributed by atoms with Gasteiger partial charge in [0, 0.05) is 25.3 Å². The van der Waals surface area contributed by atoms with Crippen molar-refractivity contribution in [3.63, 3.8) is 0 Å². The highest BCUT2D eigenvalue weighted by Crippen LogP contribution is 2.34. The Morgan fingerprint density at radius 1 is 1.17 bits per heavy atom. The number of ether oxygens (including phenoxy) is 2. The van der Waals surface area contributed by atoms with Crippen LogP contribution < -0.4 is 14.4 Å². The monoisotopic (exact) mass is 418 g/mol. The lowest BCUT2D eigenvalue weighted by atomic mass is 10.1. The summed E-state index contributed by atoms with van der Waals surface area (Å²) in [5, 5.41) is 2.90. The summed E-state index contributed by atoms with van der Waals surface area (Å²) in [5.74, 6) is 0.555. The minimum atomic E-state index is -3.34. The lowest BCUT2D eigenvalue weighted by Crippen LogP contribution is -2.34. The van der Waals surface area contributed by atoms with E-state index in [1.54, 1.807) is 25.3 Å². The molecule has 2 aromatic carbocycles. The highest BCUT2D eigenvalue weighted by molar-refractivity contribution is 7.92. The maximum atomic E-state index is 12.5. The van der Waals surface area contributed by atoms with E-state index in [1.165, 1.54) is 10.6 Å². The molecular formula is C21H26N2O5S. The summed E-state index contributed by atoms with van der Waals surface area (Å²) < 4.78 is 35.9. The van der Waals surface area contributed by atoms with Crippen molar-refractivity contribution in [1.82, 2.24) is 5.32 Å². The van der Waals surface area contributed by atoms with E-state index >= 15 is 0 Å². The van der Waals surface area contributed by atoms with Gasteiger partial charge in [-0.05, 0) is 54.8 Å². The first-order chi connectivity index (χ1) is 13.8. The highest BCUT2D eigenvalue weighted by Gasteiger charge is 2.32. The van der Waals surface area contributed by atoms with Crippen LogP contribution in [-0.2, 0) is 27.7 Å². The molecule has 0 saturated heterocycles. The van der Waals surface area contributed by atoms with Crippen LogP contribution in [0.2, 0.25) is 0 Å². The second-order valence-electron chi connectivity index (χ2n) is 7.12. The Morgan fingerprint density at radius 2 is 1.90 bits per heavy atom. The maximum Gasteiger partial charge on any atom is 0.251 e. The zero-order valence-corrected chi connectivity index (χ0v) is 17.7. The summed E-state index contributed by atoms with van der Waals surface area (Å²) in [7, 11) is -1.72. The molecule has 0 fully saturated rings. The first-order valence-corrected chi connectivity index (χ1v) is 11.3. The first-order valence-electron chi connectivity index (χ1n) is 9.41. The van der Waals surface area contributed by atoms with Crippen LogP contribution in [-0.4, -0.2) is 46.9 Å². The molecule has 0 spiro atoms. The van der Waals surface area contributed by atoms with Gasteiger partial charge in [-0.25, -0.2) is 8.42 Å². The second kappa shape index (κ2) is 8.84. The molecule has 1 heterocycles. The van der Waals surface area contributed by atoms with Gasteiger partial charge in [0.15, 0.2) is 0 Å². The molecule has 8 heteroatoms. The topological polar surface area (TPSA) is 84.9 Å². The maximum absolute atomic E-state index is 12.5. The van der Waals surface area contributed by atoms with Gasteiger partial charge in [-0.1, -0.05) is 12.1 Å². The van der Waals surface area contributed by atoms with E-state index < -0.39 is 10.0 Å². The molecule has 29 heavy (non-hydrogen) atoms. The van der Waals surface area contributed by atoms with Crippen LogP contribution in [0, 0.1) is 0 Å². The fourth-order valence-corrected chi connectivity index (χ4v) is 4.74. The number of anilines is 1. The average molecular weight is 419 g/mol. The van der Waals surface area contributed by atoms with E-state index in [-0.39, 0.29) is 11.9 Å². The summed E-state index contributed by atoms with van der Waals surface area (Å²) in [5.41, 5.74) is 3.00. The van der Waals surface area contributed by atoms with Gasteiger partial charge in [-0.3, -0.25) is 9.10 Å². The van der Waals surface area contributed by atoms with Crippen molar-refractivity contribution < 1.29 is 22.7 Å². The fraction of sp³-hybridized carbons (Fsp3) is 0.381. The zero-order valence-electron chi connectivity index (χ0n) is 16.8. The van der Waals surface area contributed by atoms with Crippen molar-refractivity contribution >= 4 is 21.6 Å². The summed E-state index contributed by atoms with van der Waals surface area (Å²) in [6, 6.07) is 12.5. The van der Waals surface area contributed by atoms with E-state index in [2.05, 4.69) is 5.32 Å². The quantitative estimate of drug-likeness (QED) is 0.665. The Bertz CT molecular complexity index is 973. The molecule has 1 unspecified atom stereocenters. The molecule has 1 aliphatic heterocycles. The number of benzene rings is 2. The van der Waals surface area contributed by atoms with Crippen molar-refractivity contribution in [2.45, 2.75) is 25.9 Å². The Hall–Kier alpha value is -2.58. The molecule has 1 aliphatic rings. The number of carbonyl (C=O) groups is 1. The fourth-order valence-electron chi connectivity index (χ4n) is 3.48. The molecule has 0 radical (unpaired) electrons. The lowest BCUT2D eigenvalue weighted by molar-refractivity contribution is 0.0951. The molecule has 3 rings (SSSR count). The number of nitrogens with one attached hydrogen (secondary N) is 1. The smallest absolute Gasteiger partial charge is 0.251 e. The van der Waals surface area contributed by atoms with Crippen molar-refractivity contribution in [1.29, 1.82) is 0 Å². The highest BCUT2D eigenvalue weighted by atomic mass is 32.2. The number of rotatable bonds is 8. The molecular weight excluding hydrogens is 392 g/mol. The number of amides is 1. The van der Waals surface area contributed by atoms with Gasteiger partial charge in [0.1, 0.15) is 12.4 Å². The Kier molecular flexibility index (Phi) is 6.44. The molecule has 156 valence electrons. The Labute approximate surface area is 171 Å². The van der Waals surface area contributed by atoms with Crippen molar-refractivity contribution in [2.75, 3.05) is 30.9 Å². The molecule has 0 bridgehead atoms. The van der Waals surface area contributed by atoms with E-state index in [0.717, 1.165) is 16.9 Å². The molecule has 7 nitrogen and oxygen atoms in total. The summed E-state index contributed by atoms with van der Waals surface area (Å²) in [6.07, 6.45) is 1.79. The second-order valence-corrected chi connectivity index (χ2v) is 8.98. The van der Waals surface area contributed by atoms with Crippen LogP contribution in [0.3, 0.4) is 0 Å². The molecule has 2 aromatic rings. The standard InChI is InChI=1S/C21H26N2O5S/c1-15-12-18-13-17(6-9-20(18)23(15)29(3,25)26)21(24)22-14-16-4-7-19(8-5-16)28-11-10-27-2/h4-9,13,15H,10-12,14H2,1-3H3,(H,22,24). The number of fused-ring (bicyclic) bond motifs is 1. The number of methoxy groups -OCH3 is 1. The molecule has 1 N–H and O–H groups in total. The van der Waals surface area contributed by atoms with Crippen LogP contribution >= 0.6 is 0 Å². The normalized spacial score (nSPS) is 15.8. The summed E-state index contributed by atoms with van der Waals surface area (Å²) in [4.78, 5) is 12.5. The summed E-state index contributed by atoms with van der Waals surface area (Å²) in [6.45, 7) is 3.27. The van der Waals surface area contributed by atoms with E-state index in [4.69, 9.17) is 9.47 Å². The number of hydrogen-bond donors (Lipinski definition) is 1. The van der Waals surface area contributed by atoms with E-state index in [0.29, 0.717) is 37.4 Å². The van der Waals surface area contributed by atoms with Crippen molar-refractivity contribution in [3.05, 3.63) is 59.2 Å². The Morgan fingerprint density at radius 3 is 2.55 bits per heavy atom. The molecule has 0 aliphatic carbocycles. The third-order valence-electron chi connectivity index (χ3n) is 4.78.